The Morgan fingerprint density at radius 3 is 2.43 bits per heavy atom. The number of rotatable bonds is 8. The summed E-state index contributed by atoms with van der Waals surface area (Å²) in [6, 6.07) is 10.1. The molecule has 1 aliphatic heterocycles. The molecule has 0 aliphatic carbocycles. The topological polar surface area (TPSA) is 130 Å². The number of nitrogens with one attached hydrogen (secondary N) is 2. The minimum Gasteiger partial charge on any atom is -0.495 e. The van der Waals surface area contributed by atoms with Gasteiger partial charge in [-0.1, -0.05) is 18.1 Å². The van der Waals surface area contributed by atoms with E-state index in [4.69, 9.17) is 18.7 Å². The van der Waals surface area contributed by atoms with Crippen LogP contribution < -0.4 is 24.2 Å². The molecule has 0 saturated heterocycles. The van der Waals surface area contributed by atoms with Crippen LogP contribution in [0, 0.1) is 0 Å². The van der Waals surface area contributed by atoms with Crippen LogP contribution in [0.25, 0.3) is 11.0 Å². The summed E-state index contributed by atoms with van der Waals surface area (Å²) in [5.41, 5.74) is 2.15. The molecular formula is C23H25N5O6S. The highest BCUT2D eigenvalue weighted by atomic mass is 32.2. The lowest BCUT2D eigenvalue weighted by Crippen LogP contribution is -2.15. The smallest absolute Gasteiger partial charge is 0.270 e. The Morgan fingerprint density at radius 1 is 1.06 bits per heavy atom. The number of aromatic nitrogens is 3. The molecule has 4 aromatic rings. The Hall–Kier alpha value is -3.93. The molecule has 35 heavy (non-hydrogen) atoms. The van der Waals surface area contributed by atoms with Crippen molar-refractivity contribution in [3.05, 3.63) is 42.1 Å². The number of benzene rings is 2. The van der Waals surface area contributed by atoms with Crippen molar-refractivity contribution in [2.45, 2.75) is 30.7 Å². The first-order valence-electron chi connectivity index (χ1n) is 10.9. The Balaban J connectivity index is 1.49. The van der Waals surface area contributed by atoms with Crippen molar-refractivity contribution < 1.29 is 27.2 Å². The first kappa shape index (κ1) is 22.8. The molecule has 5 rings (SSSR count). The third-order valence-corrected chi connectivity index (χ3v) is 7.43. The van der Waals surface area contributed by atoms with Crippen molar-refractivity contribution in [1.29, 1.82) is 0 Å². The zero-order valence-corrected chi connectivity index (χ0v) is 20.5. The molecule has 184 valence electrons. The maximum atomic E-state index is 13.3. The largest absolute Gasteiger partial charge is 0.495 e. The average Bonchev–Trinajstić information content (AvgIpc) is 3.53. The summed E-state index contributed by atoms with van der Waals surface area (Å²) in [4.78, 5) is -0.145. The van der Waals surface area contributed by atoms with Gasteiger partial charge in [0, 0.05) is 24.4 Å². The molecule has 0 bridgehead atoms. The third-order valence-electron chi connectivity index (χ3n) is 6.03. The second-order valence-electron chi connectivity index (χ2n) is 8.17. The molecule has 0 fully saturated rings. The molecule has 0 saturated carbocycles. The second kappa shape index (κ2) is 8.69. The van der Waals surface area contributed by atoms with Crippen LogP contribution in [0.15, 0.2) is 45.8 Å². The van der Waals surface area contributed by atoms with Gasteiger partial charge in [-0.2, -0.15) is 5.10 Å². The number of hydrogen-bond donors (Lipinski definition) is 2. The maximum absolute atomic E-state index is 13.3. The van der Waals surface area contributed by atoms with E-state index in [9.17, 15) is 8.42 Å². The summed E-state index contributed by atoms with van der Waals surface area (Å²) in [5, 5.41) is 12.2. The molecule has 2 aromatic carbocycles. The monoisotopic (exact) mass is 499 g/mol. The molecule has 2 aromatic heterocycles. The Bertz CT molecular complexity index is 1490. The number of anilines is 3. The van der Waals surface area contributed by atoms with Gasteiger partial charge in [-0.25, -0.2) is 8.42 Å². The van der Waals surface area contributed by atoms with Crippen molar-refractivity contribution in [2.24, 2.45) is 0 Å². The zero-order valence-electron chi connectivity index (χ0n) is 19.7. The fourth-order valence-electron chi connectivity index (χ4n) is 4.23. The van der Waals surface area contributed by atoms with E-state index in [1.807, 2.05) is 10.7 Å². The quantitative estimate of drug-likeness (QED) is 0.368. The Morgan fingerprint density at radius 2 is 1.77 bits per heavy atom. The lowest BCUT2D eigenvalue weighted by molar-refractivity contribution is 0.373. The van der Waals surface area contributed by atoms with Gasteiger partial charge in [0.2, 0.25) is 0 Å². The molecule has 3 heterocycles. The number of sulfonamides is 1. The van der Waals surface area contributed by atoms with Crippen LogP contribution in [-0.2, 0) is 16.6 Å². The number of nitrogens with zero attached hydrogens (tertiary/aromatic N) is 3. The van der Waals surface area contributed by atoms with Gasteiger partial charge < -0.3 is 24.1 Å². The molecule has 1 atom stereocenters. The number of fused-ring (bicyclic) bond motifs is 2. The normalized spacial score (nSPS) is 15.1. The molecule has 0 radical (unpaired) electrons. The highest BCUT2D eigenvalue weighted by Gasteiger charge is 2.27. The first-order chi connectivity index (χ1) is 16.8. The summed E-state index contributed by atoms with van der Waals surface area (Å²) in [7, 11) is 0.159. The fraction of sp³-hybridized carbons (Fsp3) is 0.304. The van der Waals surface area contributed by atoms with Crippen molar-refractivity contribution >= 4 is 38.3 Å². The summed E-state index contributed by atoms with van der Waals surface area (Å²) in [5.74, 6) is 1.89. The van der Waals surface area contributed by atoms with Crippen LogP contribution in [0.3, 0.4) is 0 Å². The third kappa shape index (κ3) is 3.99. The van der Waals surface area contributed by atoms with E-state index in [2.05, 4.69) is 27.2 Å². The highest BCUT2D eigenvalue weighted by molar-refractivity contribution is 7.93. The highest BCUT2D eigenvalue weighted by Crippen LogP contribution is 2.39. The van der Waals surface area contributed by atoms with Gasteiger partial charge in [-0.05, 0) is 30.5 Å². The van der Waals surface area contributed by atoms with Crippen molar-refractivity contribution in [2.75, 3.05) is 31.4 Å². The number of ether oxygens (including phenoxy) is 3. The summed E-state index contributed by atoms with van der Waals surface area (Å²) < 4.78 is 52.4. The van der Waals surface area contributed by atoms with E-state index in [-0.39, 0.29) is 22.2 Å². The van der Waals surface area contributed by atoms with E-state index in [1.165, 1.54) is 39.2 Å². The van der Waals surface area contributed by atoms with E-state index in [0.717, 1.165) is 13.0 Å². The van der Waals surface area contributed by atoms with Gasteiger partial charge in [0.15, 0.2) is 22.1 Å². The lowest BCUT2D eigenvalue weighted by Gasteiger charge is -2.14. The van der Waals surface area contributed by atoms with Gasteiger partial charge in [0.25, 0.3) is 10.0 Å². The molecule has 11 nitrogen and oxygen atoms in total. The van der Waals surface area contributed by atoms with Gasteiger partial charge in [0.1, 0.15) is 17.2 Å². The minimum absolute atomic E-state index is 0.00704. The molecule has 1 aliphatic rings. The lowest BCUT2D eigenvalue weighted by atomic mass is 10.1. The summed E-state index contributed by atoms with van der Waals surface area (Å²) in [6.45, 7) is 3.06. The van der Waals surface area contributed by atoms with E-state index in [0.29, 0.717) is 34.1 Å². The number of aryl methyl sites for hydroxylation is 1. The summed E-state index contributed by atoms with van der Waals surface area (Å²) >= 11 is 0. The van der Waals surface area contributed by atoms with E-state index in [1.54, 1.807) is 18.2 Å². The predicted octanol–water partition coefficient (Wildman–Crippen LogP) is 4.10. The predicted molar refractivity (Wildman–Crippen MR) is 129 cm³/mol. The zero-order chi connectivity index (χ0) is 24.7. The standard InChI is InChI=1S/C23H25N5O6S/c1-13-8-9-28-16(13)12-21(25-28)24-15-11-19-14(10-20(15)33-4)23(26-34-19)27-35(29,30)22-17(31-2)6-5-7-18(22)32-3/h5-7,10-13H,8-9H2,1-4H3,(H,24,25)(H,26,27)/t13-/m1/s1. The van der Waals surface area contributed by atoms with Crippen LogP contribution in [0.4, 0.5) is 17.3 Å². The molecule has 0 unspecified atom stereocenters. The van der Waals surface area contributed by atoms with Crippen molar-refractivity contribution in [3.8, 4) is 17.2 Å². The first-order valence-corrected chi connectivity index (χ1v) is 12.4. The number of methoxy groups -OCH3 is 3. The van der Waals surface area contributed by atoms with Crippen LogP contribution in [0.5, 0.6) is 17.2 Å². The summed E-state index contributed by atoms with van der Waals surface area (Å²) in [6.07, 6.45) is 1.08. The van der Waals surface area contributed by atoms with Crippen LogP contribution in [-0.4, -0.2) is 44.7 Å². The minimum atomic E-state index is -4.13. The van der Waals surface area contributed by atoms with Gasteiger partial charge in [0.05, 0.1) is 32.4 Å². The molecule has 0 spiro atoms. The Kier molecular flexibility index (Phi) is 5.67. The van der Waals surface area contributed by atoms with Crippen LogP contribution in [0.1, 0.15) is 25.0 Å². The van der Waals surface area contributed by atoms with Crippen LogP contribution >= 0.6 is 0 Å². The van der Waals surface area contributed by atoms with Gasteiger partial charge >= 0.3 is 0 Å². The van der Waals surface area contributed by atoms with Crippen molar-refractivity contribution in [3.63, 3.8) is 0 Å². The Labute approximate surface area is 202 Å². The maximum Gasteiger partial charge on any atom is 0.270 e. The SMILES string of the molecule is COc1cc2c(NS(=O)(=O)c3c(OC)cccc3OC)noc2cc1Nc1cc2n(n1)CC[C@H]2C. The molecule has 12 heteroatoms. The fourth-order valence-corrected chi connectivity index (χ4v) is 5.57. The molecule has 2 N–H and O–H groups in total. The second-order valence-corrected chi connectivity index (χ2v) is 9.79. The van der Waals surface area contributed by atoms with Crippen LogP contribution in [0.2, 0.25) is 0 Å². The van der Waals surface area contributed by atoms with E-state index < -0.39 is 10.0 Å². The average molecular weight is 500 g/mol. The molecular weight excluding hydrogens is 474 g/mol. The van der Waals surface area contributed by atoms with Crippen molar-refractivity contribution in [1.82, 2.24) is 14.9 Å². The number of hydrogen-bond acceptors (Lipinski definition) is 9. The van der Waals surface area contributed by atoms with Gasteiger partial charge in [-0.15, -0.1) is 0 Å². The van der Waals surface area contributed by atoms with E-state index >= 15 is 0 Å². The molecule has 0 amide bonds. The van der Waals surface area contributed by atoms with Gasteiger partial charge in [-0.3, -0.25) is 9.40 Å².